The molecule has 1 aromatic carbocycles. The first kappa shape index (κ1) is 12.3. The highest BCUT2D eigenvalue weighted by Gasteiger charge is 2.13. The maximum Gasteiger partial charge on any atom is 0.147 e. The van der Waals surface area contributed by atoms with E-state index in [2.05, 4.69) is 50.3 Å². The molecule has 0 saturated carbocycles. The van der Waals surface area contributed by atoms with Crippen LogP contribution in [0.2, 0.25) is 0 Å². The average molecular weight is 294 g/mol. The molecule has 0 aliphatic rings. The van der Waals surface area contributed by atoms with Gasteiger partial charge in [0.2, 0.25) is 0 Å². The van der Waals surface area contributed by atoms with E-state index in [0.717, 1.165) is 23.5 Å². The summed E-state index contributed by atoms with van der Waals surface area (Å²) in [6.07, 6.45) is 0. The molecule has 0 radical (unpaired) electrons. The number of nitrogens with zero attached hydrogens (tertiary/aromatic N) is 3. The Morgan fingerprint density at radius 3 is 2.47 bits per heavy atom. The lowest BCUT2D eigenvalue weighted by Gasteiger charge is -2.15. The summed E-state index contributed by atoms with van der Waals surface area (Å²) >= 11 is 3.58. The largest absolute Gasteiger partial charge is 0.249 e. The van der Waals surface area contributed by atoms with Gasteiger partial charge in [-0.3, -0.25) is 0 Å². The van der Waals surface area contributed by atoms with Crippen molar-refractivity contribution in [3.63, 3.8) is 0 Å². The molecule has 0 bridgehead atoms. The molecule has 1 unspecified atom stereocenters. The van der Waals surface area contributed by atoms with Crippen LogP contribution in [0.25, 0.3) is 0 Å². The highest BCUT2D eigenvalue weighted by atomic mass is 79.9. The second-order valence-electron chi connectivity index (χ2n) is 4.15. The SMILES string of the molecule is Cc1nc(C)n(CC(CBr)c2ccccc2)n1. The number of benzene rings is 1. The van der Waals surface area contributed by atoms with Crippen molar-refractivity contribution in [3.8, 4) is 0 Å². The van der Waals surface area contributed by atoms with Crippen molar-refractivity contribution < 1.29 is 0 Å². The summed E-state index contributed by atoms with van der Waals surface area (Å²) in [6, 6.07) is 10.5. The van der Waals surface area contributed by atoms with Crippen molar-refractivity contribution in [1.29, 1.82) is 0 Å². The highest BCUT2D eigenvalue weighted by Crippen LogP contribution is 2.20. The molecule has 1 heterocycles. The molecular weight excluding hydrogens is 278 g/mol. The number of aryl methyl sites for hydroxylation is 2. The zero-order valence-corrected chi connectivity index (χ0v) is 11.7. The van der Waals surface area contributed by atoms with Gasteiger partial charge >= 0.3 is 0 Å². The molecule has 2 rings (SSSR count). The molecule has 4 heteroatoms. The number of hydrogen-bond acceptors (Lipinski definition) is 2. The molecule has 3 nitrogen and oxygen atoms in total. The van der Waals surface area contributed by atoms with Gasteiger partial charge in [-0.2, -0.15) is 5.10 Å². The number of rotatable bonds is 4. The van der Waals surface area contributed by atoms with E-state index < -0.39 is 0 Å². The van der Waals surface area contributed by atoms with Gasteiger partial charge in [0.15, 0.2) is 0 Å². The predicted molar refractivity (Wildman–Crippen MR) is 72.5 cm³/mol. The first-order chi connectivity index (χ1) is 8.20. The van der Waals surface area contributed by atoms with Gasteiger partial charge in [-0.15, -0.1) is 0 Å². The van der Waals surface area contributed by atoms with Crippen LogP contribution in [0.15, 0.2) is 30.3 Å². The van der Waals surface area contributed by atoms with E-state index in [0.29, 0.717) is 5.92 Å². The Labute approximate surface area is 110 Å². The zero-order chi connectivity index (χ0) is 12.3. The van der Waals surface area contributed by atoms with Crippen LogP contribution in [-0.4, -0.2) is 20.1 Å². The second kappa shape index (κ2) is 5.45. The standard InChI is InChI=1S/C13H16BrN3/c1-10-15-11(2)17(16-10)9-13(8-14)12-6-4-3-5-7-12/h3-7,13H,8-9H2,1-2H3. The highest BCUT2D eigenvalue weighted by molar-refractivity contribution is 9.09. The molecule has 90 valence electrons. The Kier molecular flexibility index (Phi) is 3.94. The third-order valence-corrected chi connectivity index (χ3v) is 3.59. The molecule has 0 aliphatic carbocycles. The molecule has 0 aliphatic heterocycles. The minimum absolute atomic E-state index is 0.427. The summed E-state index contributed by atoms with van der Waals surface area (Å²) in [5.41, 5.74) is 1.33. The summed E-state index contributed by atoms with van der Waals surface area (Å²) < 4.78 is 1.98. The van der Waals surface area contributed by atoms with Crippen molar-refractivity contribution in [2.75, 3.05) is 5.33 Å². The molecule has 17 heavy (non-hydrogen) atoms. The molecule has 0 saturated heterocycles. The lowest BCUT2D eigenvalue weighted by atomic mass is 10.0. The first-order valence-corrected chi connectivity index (χ1v) is 6.82. The van der Waals surface area contributed by atoms with Crippen molar-refractivity contribution in [3.05, 3.63) is 47.5 Å². The lowest BCUT2D eigenvalue weighted by molar-refractivity contribution is 0.533. The summed E-state index contributed by atoms with van der Waals surface area (Å²) in [5.74, 6) is 2.24. The van der Waals surface area contributed by atoms with Crippen LogP contribution in [-0.2, 0) is 6.54 Å². The fraction of sp³-hybridized carbons (Fsp3) is 0.385. The van der Waals surface area contributed by atoms with Gasteiger partial charge in [0, 0.05) is 11.2 Å². The molecule has 0 spiro atoms. The quantitative estimate of drug-likeness (QED) is 0.811. The Bertz CT molecular complexity index is 479. The predicted octanol–water partition coefficient (Wildman–Crippen LogP) is 3.07. The van der Waals surface area contributed by atoms with Crippen LogP contribution in [0.1, 0.15) is 23.1 Å². The van der Waals surface area contributed by atoms with Crippen LogP contribution in [0.4, 0.5) is 0 Å². The van der Waals surface area contributed by atoms with Gasteiger partial charge < -0.3 is 0 Å². The number of aromatic nitrogens is 3. The van der Waals surface area contributed by atoms with E-state index in [4.69, 9.17) is 0 Å². The zero-order valence-electron chi connectivity index (χ0n) is 10.1. The Morgan fingerprint density at radius 2 is 1.94 bits per heavy atom. The third-order valence-electron chi connectivity index (χ3n) is 2.81. The van der Waals surface area contributed by atoms with E-state index in [9.17, 15) is 0 Å². The van der Waals surface area contributed by atoms with E-state index in [1.807, 2.05) is 24.6 Å². The topological polar surface area (TPSA) is 30.7 Å². The van der Waals surface area contributed by atoms with E-state index in [-0.39, 0.29) is 0 Å². The van der Waals surface area contributed by atoms with Gasteiger partial charge in [0.05, 0.1) is 6.54 Å². The van der Waals surface area contributed by atoms with Crippen molar-refractivity contribution in [1.82, 2.24) is 14.8 Å². The average Bonchev–Trinajstić information content (AvgIpc) is 2.66. The van der Waals surface area contributed by atoms with Crippen molar-refractivity contribution >= 4 is 15.9 Å². The molecule has 0 fully saturated rings. The minimum atomic E-state index is 0.427. The number of halogens is 1. The summed E-state index contributed by atoms with van der Waals surface area (Å²) in [6.45, 7) is 4.79. The maximum atomic E-state index is 4.41. The monoisotopic (exact) mass is 293 g/mol. The fourth-order valence-electron chi connectivity index (χ4n) is 1.91. The molecule has 1 atom stereocenters. The fourth-order valence-corrected chi connectivity index (χ4v) is 2.49. The third kappa shape index (κ3) is 2.94. The van der Waals surface area contributed by atoms with Gasteiger partial charge in [0.25, 0.3) is 0 Å². The molecule has 1 aromatic heterocycles. The second-order valence-corrected chi connectivity index (χ2v) is 4.80. The van der Waals surface area contributed by atoms with Crippen LogP contribution in [0.3, 0.4) is 0 Å². The normalized spacial score (nSPS) is 12.6. The summed E-state index contributed by atoms with van der Waals surface area (Å²) in [4.78, 5) is 4.33. The van der Waals surface area contributed by atoms with Gasteiger partial charge in [-0.25, -0.2) is 9.67 Å². The Morgan fingerprint density at radius 1 is 1.24 bits per heavy atom. The number of alkyl halides is 1. The first-order valence-electron chi connectivity index (χ1n) is 5.69. The van der Waals surface area contributed by atoms with Crippen molar-refractivity contribution in [2.24, 2.45) is 0 Å². The molecular formula is C13H16BrN3. The van der Waals surface area contributed by atoms with Gasteiger partial charge in [-0.1, -0.05) is 46.3 Å². The van der Waals surface area contributed by atoms with Gasteiger partial charge in [0.1, 0.15) is 11.6 Å². The molecule has 2 aromatic rings. The minimum Gasteiger partial charge on any atom is -0.249 e. The smallest absolute Gasteiger partial charge is 0.147 e. The van der Waals surface area contributed by atoms with Crippen LogP contribution in [0.5, 0.6) is 0 Å². The van der Waals surface area contributed by atoms with E-state index in [1.54, 1.807) is 0 Å². The summed E-state index contributed by atoms with van der Waals surface area (Å²) in [5, 5.41) is 5.33. The summed E-state index contributed by atoms with van der Waals surface area (Å²) in [7, 11) is 0. The van der Waals surface area contributed by atoms with Crippen LogP contribution < -0.4 is 0 Å². The van der Waals surface area contributed by atoms with Crippen LogP contribution in [0, 0.1) is 13.8 Å². The van der Waals surface area contributed by atoms with E-state index >= 15 is 0 Å². The van der Waals surface area contributed by atoms with Crippen LogP contribution >= 0.6 is 15.9 Å². The molecule has 0 amide bonds. The Hall–Kier alpha value is -1.16. The van der Waals surface area contributed by atoms with Crippen molar-refractivity contribution in [2.45, 2.75) is 26.3 Å². The Balaban J connectivity index is 2.18. The lowest BCUT2D eigenvalue weighted by Crippen LogP contribution is -2.13. The molecule has 0 N–H and O–H groups in total. The van der Waals surface area contributed by atoms with Gasteiger partial charge in [-0.05, 0) is 19.4 Å². The number of hydrogen-bond donors (Lipinski definition) is 0. The van der Waals surface area contributed by atoms with E-state index in [1.165, 1.54) is 5.56 Å². The maximum absolute atomic E-state index is 4.41.